The molecule has 0 spiro atoms. The Morgan fingerprint density at radius 1 is 0.893 bits per heavy atom. The van der Waals surface area contributed by atoms with E-state index in [-0.39, 0.29) is 17.9 Å². The number of hydrogen-bond donors (Lipinski definition) is 0. The number of aryl methyl sites for hydroxylation is 2. The molecular formula is C22H27N3O3. The van der Waals surface area contributed by atoms with E-state index in [1.54, 1.807) is 0 Å². The number of hydrogen-bond acceptors (Lipinski definition) is 3. The second kappa shape index (κ2) is 7.80. The number of rotatable bonds is 3. The Labute approximate surface area is 165 Å². The molecule has 0 N–H and O–H groups in total. The van der Waals surface area contributed by atoms with Crippen molar-refractivity contribution in [3.05, 3.63) is 53.3 Å². The molecule has 0 bridgehead atoms. The maximum Gasteiger partial charge on any atom is 0.253 e. The summed E-state index contributed by atoms with van der Waals surface area (Å²) in [5.74, 6) is 0.100. The summed E-state index contributed by atoms with van der Waals surface area (Å²) >= 11 is 0. The monoisotopic (exact) mass is 381 g/mol. The van der Waals surface area contributed by atoms with Crippen molar-refractivity contribution in [2.45, 2.75) is 32.8 Å². The Bertz CT molecular complexity index is 838. The first kappa shape index (κ1) is 18.7. The Balaban J connectivity index is 1.38. The molecule has 0 saturated carbocycles. The molecule has 2 aromatic rings. The fourth-order valence-electron chi connectivity index (χ4n) is 4.12. The minimum Gasteiger partial charge on any atom is -0.368 e. The van der Waals surface area contributed by atoms with Gasteiger partial charge in [0.25, 0.3) is 11.8 Å². The van der Waals surface area contributed by atoms with E-state index in [1.165, 1.54) is 11.4 Å². The molecule has 6 heteroatoms. The van der Waals surface area contributed by atoms with E-state index in [1.807, 2.05) is 34.1 Å². The lowest BCUT2D eigenvalue weighted by Gasteiger charge is -2.35. The van der Waals surface area contributed by atoms with E-state index in [9.17, 15) is 9.59 Å². The minimum atomic E-state index is -0.282. The second-order valence-corrected chi connectivity index (χ2v) is 7.62. The molecule has 28 heavy (non-hydrogen) atoms. The van der Waals surface area contributed by atoms with Crippen LogP contribution in [0.1, 0.15) is 34.6 Å². The third-order valence-corrected chi connectivity index (χ3v) is 5.73. The largest absolute Gasteiger partial charge is 0.368 e. The molecule has 2 aliphatic rings. The number of nitrogens with zero attached hydrogens (tertiary/aromatic N) is 3. The molecule has 2 fully saturated rings. The Morgan fingerprint density at radius 2 is 1.50 bits per heavy atom. The Kier molecular flexibility index (Phi) is 5.22. The molecule has 6 nitrogen and oxygen atoms in total. The highest BCUT2D eigenvalue weighted by Crippen LogP contribution is 2.19. The first-order valence-corrected chi connectivity index (χ1v) is 9.99. The molecule has 0 unspecified atom stereocenters. The smallest absolute Gasteiger partial charge is 0.253 e. The first-order valence-electron chi connectivity index (χ1n) is 9.99. The van der Waals surface area contributed by atoms with Crippen molar-refractivity contribution < 1.29 is 14.3 Å². The molecule has 2 aliphatic heterocycles. The fraction of sp³-hybridized carbons (Fsp3) is 0.455. The zero-order chi connectivity index (χ0) is 19.7. The first-order chi connectivity index (χ1) is 13.5. The van der Waals surface area contributed by atoms with Gasteiger partial charge in [0, 0.05) is 55.4 Å². The molecule has 4 rings (SSSR count). The summed E-state index contributed by atoms with van der Waals surface area (Å²) in [7, 11) is 0. The van der Waals surface area contributed by atoms with Gasteiger partial charge in [-0.25, -0.2) is 0 Å². The average Bonchev–Trinajstić information content (AvgIpc) is 3.37. The molecule has 0 aliphatic carbocycles. The second-order valence-electron chi connectivity index (χ2n) is 7.62. The lowest BCUT2D eigenvalue weighted by molar-refractivity contribution is -0.142. The molecule has 1 aromatic heterocycles. The van der Waals surface area contributed by atoms with Crippen molar-refractivity contribution in [1.29, 1.82) is 0 Å². The highest BCUT2D eigenvalue weighted by Gasteiger charge is 2.31. The number of aromatic nitrogens is 1. The number of amides is 2. The predicted octanol–water partition coefficient (Wildman–Crippen LogP) is 2.56. The lowest BCUT2D eigenvalue weighted by atomic mass is 10.1. The Morgan fingerprint density at radius 3 is 2.07 bits per heavy atom. The maximum atomic E-state index is 12.9. The SMILES string of the molecule is Cc1ccc(C)n1-c1ccc(C(=O)N2CCN(C(=O)[C@H]3CCCO3)CC2)cc1. The van der Waals surface area contributed by atoms with Crippen LogP contribution in [0.25, 0.3) is 5.69 Å². The van der Waals surface area contributed by atoms with Gasteiger partial charge in [-0.15, -0.1) is 0 Å². The summed E-state index contributed by atoms with van der Waals surface area (Å²) < 4.78 is 7.67. The molecule has 2 amide bonds. The van der Waals surface area contributed by atoms with Crippen LogP contribution in [0.15, 0.2) is 36.4 Å². The van der Waals surface area contributed by atoms with E-state index < -0.39 is 0 Å². The quantitative estimate of drug-likeness (QED) is 0.821. The van der Waals surface area contributed by atoms with Crippen molar-refractivity contribution in [3.8, 4) is 5.69 Å². The van der Waals surface area contributed by atoms with Crippen molar-refractivity contribution in [3.63, 3.8) is 0 Å². The third-order valence-electron chi connectivity index (χ3n) is 5.73. The Hall–Kier alpha value is -2.60. The van der Waals surface area contributed by atoms with Gasteiger partial charge in [0.05, 0.1) is 0 Å². The van der Waals surface area contributed by atoms with E-state index in [4.69, 9.17) is 4.74 Å². The highest BCUT2D eigenvalue weighted by atomic mass is 16.5. The standard InChI is InChI=1S/C22H27N3O3/c1-16-5-6-17(2)25(16)19-9-7-18(8-10-19)21(26)23-11-13-24(14-12-23)22(27)20-4-3-15-28-20/h5-10,20H,3-4,11-15H2,1-2H3/t20-/m1/s1. The summed E-state index contributed by atoms with van der Waals surface area (Å²) in [5.41, 5.74) is 4.08. The van der Waals surface area contributed by atoms with Gasteiger partial charge in [-0.3, -0.25) is 9.59 Å². The summed E-state index contributed by atoms with van der Waals surface area (Å²) in [6.07, 6.45) is 1.48. The van der Waals surface area contributed by atoms with E-state index in [0.717, 1.165) is 18.5 Å². The van der Waals surface area contributed by atoms with Crippen LogP contribution < -0.4 is 0 Å². The van der Waals surface area contributed by atoms with Crippen LogP contribution in [0.5, 0.6) is 0 Å². The van der Waals surface area contributed by atoms with Gasteiger partial charge in [0.15, 0.2) is 0 Å². The summed E-state index contributed by atoms with van der Waals surface area (Å²) in [4.78, 5) is 29.0. The van der Waals surface area contributed by atoms with Crippen molar-refractivity contribution in [2.75, 3.05) is 32.8 Å². The number of piperazine rings is 1. The molecular weight excluding hydrogens is 354 g/mol. The van der Waals surface area contributed by atoms with Crippen LogP contribution in [0.4, 0.5) is 0 Å². The highest BCUT2D eigenvalue weighted by molar-refractivity contribution is 5.94. The number of benzene rings is 1. The molecule has 2 saturated heterocycles. The van der Waals surface area contributed by atoms with Gasteiger partial charge in [-0.2, -0.15) is 0 Å². The van der Waals surface area contributed by atoms with Gasteiger partial charge >= 0.3 is 0 Å². The van der Waals surface area contributed by atoms with Crippen LogP contribution in [0, 0.1) is 13.8 Å². The van der Waals surface area contributed by atoms with Crippen molar-refractivity contribution in [2.24, 2.45) is 0 Å². The average molecular weight is 381 g/mol. The topological polar surface area (TPSA) is 54.8 Å². The molecule has 3 heterocycles. The predicted molar refractivity (Wildman–Crippen MR) is 107 cm³/mol. The van der Waals surface area contributed by atoms with E-state index in [0.29, 0.717) is 38.3 Å². The van der Waals surface area contributed by atoms with Crippen LogP contribution in [0.2, 0.25) is 0 Å². The van der Waals surface area contributed by atoms with Crippen LogP contribution in [0.3, 0.4) is 0 Å². The molecule has 0 radical (unpaired) electrons. The fourth-order valence-corrected chi connectivity index (χ4v) is 4.12. The van der Waals surface area contributed by atoms with E-state index >= 15 is 0 Å². The summed E-state index contributed by atoms with van der Waals surface area (Å²) in [6.45, 7) is 7.10. The van der Waals surface area contributed by atoms with Gasteiger partial charge < -0.3 is 19.1 Å². The third kappa shape index (κ3) is 3.56. The van der Waals surface area contributed by atoms with Crippen molar-refractivity contribution >= 4 is 11.8 Å². The van der Waals surface area contributed by atoms with Crippen LogP contribution in [-0.2, 0) is 9.53 Å². The zero-order valence-electron chi connectivity index (χ0n) is 16.6. The zero-order valence-corrected chi connectivity index (χ0v) is 16.6. The maximum absolute atomic E-state index is 12.9. The van der Waals surface area contributed by atoms with Crippen LogP contribution >= 0.6 is 0 Å². The van der Waals surface area contributed by atoms with E-state index in [2.05, 4.69) is 30.5 Å². The van der Waals surface area contributed by atoms with Gasteiger partial charge in [0.1, 0.15) is 6.10 Å². The number of carbonyl (C=O) groups is 2. The lowest BCUT2D eigenvalue weighted by Crippen LogP contribution is -2.52. The van der Waals surface area contributed by atoms with Gasteiger partial charge in [-0.05, 0) is 63.1 Å². The number of carbonyl (C=O) groups excluding carboxylic acids is 2. The molecule has 148 valence electrons. The summed E-state index contributed by atoms with van der Waals surface area (Å²) in [6, 6.07) is 11.9. The van der Waals surface area contributed by atoms with Gasteiger partial charge in [-0.1, -0.05) is 0 Å². The minimum absolute atomic E-state index is 0.0247. The molecule has 1 aromatic carbocycles. The number of ether oxygens (including phenoxy) is 1. The molecule has 1 atom stereocenters. The van der Waals surface area contributed by atoms with Gasteiger partial charge in [0.2, 0.25) is 0 Å². The van der Waals surface area contributed by atoms with Crippen LogP contribution in [-0.4, -0.2) is 65.1 Å². The normalized spacial score (nSPS) is 19.9. The summed E-state index contributed by atoms with van der Waals surface area (Å²) in [5, 5.41) is 0. The van der Waals surface area contributed by atoms with Crippen molar-refractivity contribution in [1.82, 2.24) is 14.4 Å².